The van der Waals surface area contributed by atoms with Gasteiger partial charge in [0.1, 0.15) is 5.82 Å². The van der Waals surface area contributed by atoms with Crippen molar-refractivity contribution in [3.05, 3.63) is 48.0 Å². The van der Waals surface area contributed by atoms with Crippen LogP contribution in [0, 0.1) is 19.3 Å². The number of hydrogen-bond acceptors (Lipinski definition) is 2. The summed E-state index contributed by atoms with van der Waals surface area (Å²) in [5.74, 6) is 3.68. The third-order valence-corrected chi connectivity index (χ3v) is 3.26. The largest absolute Gasteiger partial charge is 0.311 e. The van der Waals surface area contributed by atoms with Crippen molar-refractivity contribution >= 4 is 0 Å². The van der Waals surface area contributed by atoms with Crippen LogP contribution in [0.15, 0.2) is 36.5 Å². The normalized spacial score (nSPS) is 10.4. The summed E-state index contributed by atoms with van der Waals surface area (Å²) < 4.78 is 2.19. The van der Waals surface area contributed by atoms with Crippen LogP contribution in [0.5, 0.6) is 0 Å². The minimum absolute atomic E-state index is 0.825. The topological polar surface area (TPSA) is 29.9 Å². The minimum Gasteiger partial charge on any atom is -0.311 e. The molecule has 0 fully saturated rings. The molecule has 2 rings (SSSR count). The highest BCUT2D eigenvalue weighted by Crippen LogP contribution is 2.14. The van der Waals surface area contributed by atoms with Crippen molar-refractivity contribution in [1.82, 2.24) is 14.9 Å². The Balaban J connectivity index is 1.95. The van der Waals surface area contributed by atoms with Gasteiger partial charge in [-0.1, -0.05) is 18.2 Å². The Bertz CT molecular complexity index is 564. The van der Waals surface area contributed by atoms with Gasteiger partial charge in [-0.05, 0) is 38.4 Å². The van der Waals surface area contributed by atoms with Crippen LogP contribution in [-0.2, 0) is 6.54 Å². The molecule has 1 heterocycles. The van der Waals surface area contributed by atoms with Gasteiger partial charge < -0.3 is 5.32 Å². The molecule has 1 aromatic heterocycles. The average molecular weight is 267 g/mol. The number of terminal acetylenes is 1. The van der Waals surface area contributed by atoms with E-state index in [2.05, 4.69) is 32.9 Å². The van der Waals surface area contributed by atoms with E-state index in [1.807, 2.05) is 31.3 Å². The highest BCUT2D eigenvalue weighted by Gasteiger charge is 2.07. The van der Waals surface area contributed by atoms with E-state index < -0.39 is 0 Å². The lowest BCUT2D eigenvalue weighted by Crippen LogP contribution is -2.17. The number of nitrogens with one attached hydrogen (secondary N) is 1. The summed E-state index contributed by atoms with van der Waals surface area (Å²) in [4.78, 5) is 4.42. The third kappa shape index (κ3) is 3.72. The molecule has 0 aliphatic rings. The zero-order chi connectivity index (χ0) is 14.2. The van der Waals surface area contributed by atoms with E-state index in [0.29, 0.717) is 0 Å². The maximum Gasteiger partial charge on any atom is 0.110 e. The maximum atomic E-state index is 5.24. The van der Waals surface area contributed by atoms with Gasteiger partial charge >= 0.3 is 0 Å². The lowest BCUT2D eigenvalue weighted by Gasteiger charge is -2.11. The van der Waals surface area contributed by atoms with Crippen molar-refractivity contribution in [2.75, 3.05) is 6.54 Å². The van der Waals surface area contributed by atoms with Crippen molar-refractivity contribution in [3.8, 4) is 18.0 Å². The number of aryl methyl sites for hydroxylation is 1. The van der Waals surface area contributed by atoms with Crippen molar-refractivity contribution < 1.29 is 0 Å². The van der Waals surface area contributed by atoms with Crippen LogP contribution in [0.25, 0.3) is 5.69 Å². The molecule has 3 nitrogen and oxygen atoms in total. The summed E-state index contributed by atoms with van der Waals surface area (Å²) in [6, 6.07) is 10.3. The smallest absolute Gasteiger partial charge is 0.110 e. The van der Waals surface area contributed by atoms with Crippen LogP contribution in [-0.4, -0.2) is 16.1 Å². The molecule has 0 atom stereocenters. The number of rotatable bonds is 7. The monoisotopic (exact) mass is 267 g/mol. The molecule has 2 aromatic rings. The lowest BCUT2D eigenvalue weighted by molar-refractivity contribution is 0.616. The van der Waals surface area contributed by atoms with Crippen molar-refractivity contribution in [2.45, 2.75) is 32.7 Å². The number of imidazole rings is 1. The number of para-hydroxylation sites is 1. The Kier molecular flexibility index (Phi) is 5.40. The molecule has 0 aliphatic heterocycles. The third-order valence-electron chi connectivity index (χ3n) is 3.26. The second-order valence-corrected chi connectivity index (χ2v) is 4.81. The number of benzene rings is 1. The summed E-state index contributed by atoms with van der Waals surface area (Å²) in [5, 5.41) is 3.45. The first-order valence-electron chi connectivity index (χ1n) is 7.05. The van der Waals surface area contributed by atoms with Crippen molar-refractivity contribution in [2.24, 2.45) is 0 Å². The Labute approximate surface area is 121 Å². The van der Waals surface area contributed by atoms with Gasteiger partial charge in [-0.2, -0.15) is 0 Å². The van der Waals surface area contributed by atoms with Gasteiger partial charge in [0.25, 0.3) is 0 Å². The van der Waals surface area contributed by atoms with Gasteiger partial charge in [0.15, 0.2) is 0 Å². The standard InChI is InChI=1S/C17H21N3/c1-3-4-5-9-12-18-13-17-14-19-15(2)20(17)16-10-7-6-8-11-16/h1,6-8,10-11,14,18H,4-5,9,12-13H2,2H3. The van der Waals surface area contributed by atoms with E-state index in [9.17, 15) is 0 Å². The van der Waals surface area contributed by atoms with Crippen LogP contribution >= 0.6 is 0 Å². The Morgan fingerprint density at radius 3 is 2.80 bits per heavy atom. The van der Waals surface area contributed by atoms with Crippen molar-refractivity contribution in [1.29, 1.82) is 0 Å². The van der Waals surface area contributed by atoms with E-state index >= 15 is 0 Å². The molecule has 0 unspecified atom stereocenters. The zero-order valence-corrected chi connectivity index (χ0v) is 12.0. The summed E-state index contributed by atoms with van der Waals surface area (Å²) >= 11 is 0. The van der Waals surface area contributed by atoms with Gasteiger partial charge in [0.05, 0.1) is 11.9 Å². The van der Waals surface area contributed by atoms with Gasteiger partial charge in [0, 0.05) is 18.7 Å². The fourth-order valence-corrected chi connectivity index (χ4v) is 2.24. The van der Waals surface area contributed by atoms with E-state index in [0.717, 1.165) is 43.9 Å². The molecule has 20 heavy (non-hydrogen) atoms. The first kappa shape index (κ1) is 14.4. The number of unbranched alkanes of at least 4 members (excludes halogenated alkanes) is 2. The predicted molar refractivity (Wildman–Crippen MR) is 82.7 cm³/mol. The van der Waals surface area contributed by atoms with Crippen LogP contribution in [0.3, 0.4) is 0 Å². The zero-order valence-electron chi connectivity index (χ0n) is 12.0. The maximum absolute atomic E-state index is 5.24. The minimum atomic E-state index is 0.825. The molecule has 0 radical (unpaired) electrons. The summed E-state index contributed by atoms with van der Waals surface area (Å²) in [6.45, 7) is 3.84. The number of aromatic nitrogens is 2. The van der Waals surface area contributed by atoms with Gasteiger partial charge in [-0.25, -0.2) is 4.98 Å². The molecule has 1 aromatic carbocycles. The quantitative estimate of drug-likeness (QED) is 0.617. The summed E-state index contributed by atoms with van der Waals surface area (Å²) in [5.41, 5.74) is 2.34. The second-order valence-electron chi connectivity index (χ2n) is 4.81. The van der Waals surface area contributed by atoms with Gasteiger partial charge in [-0.3, -0.25) is 4.57 Å². The number of nitrogens with zero attached hydrogens (tertiary/aromatic N) is 2. The van der Waals surface area contributed by atoms with Crippen LogP contribution < -0.4 is 5.32 Å². The predicted octanol–water partition coefficient (Wildman–Crippen LogP) is 3.07. The molecule has 0 saturated heterocycles. The van der Waals surface area contributed by atoms with Gasteiger partial charge in [-0.15, -0.1) is 12.3 Å². The molecule has 3 heteroatoms. The number of hydrogen-bond donors (Lipinski definition) is 1. The van der Waals surface area contributed by atoms with Gasteiger partial charge in [0.2, 0.25) is 0 Å². The fraction of sp³-hybridized carbons (Fsp3) is 0.353. The summed E-state index contributed by atoms with van der Waals surface area (Å²) in [6.07, 6.45) is 10.2. The Morgan fingerprint density at radius 2 is 2.05 bits per heavy atom. The molecule has 1 N–H and O–H groups in total. The second kappa shape index (κ2) is 7.52. The molecule has 0 aliphatic carbocycles. The molecule has 0 spiro atoms. The molecule has 0 saturated carbocycles. The fourth-order valence-electron chi connectivity index (χ4n) is 2.24. The van der Waals surface area contributed by atoms with Crippen LogP contribution in [0.1, 0.15) is 30.8 Å². The molecule has 0 bridgehead atoms. The molecule has 104 valence electrons. The Morgan fingerprint density at radius 1 is 1.25 bits per heavy atom. The first-order chi connectivity index (χ1) is 9.83. The highest BCUT2D eigenvalue weighted by atomic mass is 15.1. The van der Waals surface area contributed by atoms with E-state index in [1.54, 1.807) is 0 Å². The Hall–Kier alpha value is -2.05. The summed E-state index contributed by atoms with van der Waals surface area (Å²) in [7, 11) is 0. The molecule has 0 amide bonds. The first-order valence-corrected chi connectivity index (χ1v) is 7.05. The highest BCUT2D eigenvalue weighted by molar-refractivity contribution is 5.35. The SMILES string of the molecule is C#CCCCCNCc1cnc(C)n1-c1ccccc1. The van der Waals surface area contributed by atoms with E-state index in [1.165, 1.54) is 5.69 Å². The van der Waals surface area contributed by atoms with Crippen LogP contribution in [0.4, 0.5) is 0 Å². The van der Waals surface area contributed by atoms with E-state index in [-0.39, 0.29) is 0 Å². The van der Waals surface area contributed by atoms with Crippen LogP contribution in [0.2, 0.25) is 0 Å². The molecular weight excluding hydrogens is 246 g/mol. The van der Waals surface area contributed by atoms with E-state index in [4.69, 9.17) is 6.42 Å². The van der Waals surface area contributed by atoms with Crippen molar-refractivity contribution in [3.63, 3.8) is 0 Å². The molecular formula is C17H21N3. The lowest BCUT2D eigenvalue weighted by atomic mass is 10.2. The average Bonchev–Trinajstić information content (AvgIpc) is 2.84.